The predicted octanol–water partition coefficient (Wildman–Crippen LogP) is 7.49. The first-order valence-electron chi connectivity index (χ1n) is 15.5. The number of carbonyl (C=O) groups is 2. The molecule has 0 amide bonds. The van der Waals surface area contributed by atoms with Gasteiger partial charge in [0.05, 0.1) is 13.2 Å². The lowest BCUT2D eigenvalue weighted by atomic mass is 9.84. The molecule has 0 heterocycles. The molecule has 6 nitrogen and oxygen atoms in total. The summed E-state index contributed by atoms with van der Waals surface area (Å²) in [6, 6.07) is 4.52. The first-order chi connectivity index (χ1) is 20.5. The number of aliphatic hydroxyl groups excluding tert-OH is 1. The van der Waals surface area contributed by atoms with Gasteiger partial charge in [0.15, 0.2) is 5.60 Å². The third-order valence-electron chi connectivity index (χ3n) is 7.37. The van der Waals surface area contributed by atoms with Gasteiger partial charge in [-0.1, -0.05) is 74.4 Å². The Morgan fingerprint density at radius 3 is 2.42 bits per heavy atom. The maximum Gasteiger partial charge on any atom is 0.337 e. The van der Waals surface area contributed by atoms with Crippen LogP contribution in [0.5, 0.6) is 0 Å². The van der Waals surface area contributed by atoms with E-state index in [0.717, 1.165) is 32.1 Å². The number of hydrogen-bond acceptors (Lipinski definition) is 6. The van der Waals surface area contributed by atoms with Gasteiger partial charge < -0.3 is 19.3 Å². The molecule has 0 saturated carbocycles. The highest BCUT2D eigenvalue weighted by Gasteiger charge is 2.39. The normalized spacial score (nSPS) is 18.5. The van der Waals surface area contributed by atoms with Crippen LogP contribution in [0.3, 0.4) is 0 Å². The lowest BCUT2D eigenvalue weighted by Gasteiger charge is -2.28. The van der Waals surface area contributed by atoms with Crippen molar-refractivity contribution in [2.45, 2.75) is 92.1 Å². The summed E-state index contributed by atoms with van der Waals surface area (Å²) in [5.74, 6) is -0.856. The number of carbonyl (C=O) groups excluding carboxylic acids is 2. The predicted molar refractivity (Wildman–Crippen MR) is 175 cm³/mol. The fourth-order valence-electron chi connectivity index (χ4n) is 4.58. The van der Waals surface area contributed by atoms with Crippen molar-refractivity contribution in [1.29, 1.82) is 0 Å². The Morgan fingerprint density at radius 1 is 0.977 bits per heavy atom. The Bertz CT molecular complexity index is 1190. The highest BCUT2D eigenvalue weighted by molar-refractivity contribution is 6.17. The molecule has 2 aliphatic rings. The van der Waals surface area contributed by atoms with Crippen molar-refractivity contribution in [2.24, 2.45) is 5.41 Å². The molecule has 0 saturated heterocycles. The summed E-state index contributed by atoms with van der Waals surface area (Å²) < 4.78 is 16.4. The Balaban J connectivity index is 0.00000206. The minimum absolute atomic E-state index is 0.149. The molecule has 1 unspecified atom stereocenters. The minimum Gasteiger partial charge on any atom is -0.465 e. The van der Waals surface area contributed by atoms with Gasteiger partial charge in [-0.15, -0.1) is 11.6 Å². The van der Waals surface area contributed by atoms with E-state index in [1.54, 1.807) is 13.8 Å². The Hall–Kier alpha value is -2.67. The minimum atomic E-state index is -1.35. The Morgan fingerprint density at radius 2 is 1.72 bits per heavy atom. The zero-order chi connectivity index (χ0) is 31.9. The van der Waals surface area contributed by atoms with Crippen LogP contribution in [-0.2, 0) is 43.1 Å². The summed E-state index contributed by atoms with van der Waals surface area (Å²) in [4.78, 5) is 25.1. The number of ether oxygens (including phenoxy) is 3. The van der Waals surface area contributed by atoms with Crippen molar-refractivity contribution in [3.63, 3.8) is 0 Å². The smallest absolute Gasteiger partial charge is 0.337 e. The highest BCUT2D eigenvalue weighted by Crippen LogP contribution is 2.31. The van der Waals surface area contributed by atoms with Gasteiger partial charge >= 0.3 is 11.9 Å². The lowest BCUT2D eigenvalue weighted by Crippen LogP contribution is -2.43. The van der Waals surface area contributed by atoms with Crippen molar-refractivity contribution in [3.05, 3.63) is 75.9 Å². The van der Waals surface area contributed by atoms with E-state index in [0.29, 0.717) is 18.9 Å². The highest BCUT2D eigenvalue weighted by atomic mass is 35.5. The second-order valence-electron chi connectivity index (χ2n) is 12.0. The molecule has 43 heavy (non-hydrogen) atoms. The maximum absolute atomic E-state index is 12.7. The maximum atomic E-state index is 12.7. The number of benzene rings is 1. The summed E-state index contributed by atoms with van der Waals surface area (Å²) in [6.45, 7) is 10.9. The molecule has 1 aromatic carbocycles. The number of fused-ring (bicyclic) bond motifs is 1. The lowest BCUT2D eigenvalue weighted by molar-refractivity contribution is -0.178. The fraction of sp³-hybridized carbons (Fsp3) is 0.556. The largest absolute Gasteiger partial charge is 0.465 e. The molecule has 2 bridgehead atoms. The molecule has 238 valence electrons. The molecule has 7 heteroatoms. The van der Waals surface area contributed by atoms with Crippen molar-refractivity contribution < 1.29 is 28.9 Å². The van der Waals surface area contributed by atoms with Gasteiger partial charge in [0.2, 0.25) is 0 Å². The molecule has 0 aliphatic heterocycles. The van der Waals surface area contributed by atoms with E-state index in [4.69, 9.17) is 25.8 Å². The first-order valence-corrected chi connectivity index (χ1v) is 16.1. The van der Waals surface area contributed by atoms with Gasteiger partial charge in [0.1, 0.15) is 12.0 Å². The van der Waals surface area contributed by atoms with Crippen molar-refractivity contribution in [1.82, 2.24) is 0 Å². The monoisotopic (exact) mass is 614 g/mol. The molecule has 0 spiro atoms. The van der Waals surface area contributed by atoms with E-state index < -0.39 is 29.6 Å². The standard InChI is InChI=1S/C33H43ClO6.C3H8/c1-24-9-7-10-25-13-17-28-26(15-16-27(14-12-24)29(28)21-25)11-5-6-20-40-32(2,3)30(36)39-23-33(4,22-35)31(37)38-19-8-18-34;1-3-2/h7,9-10,12-13,15-17,35H,5-6,8,11,14,18-23H2,1-4H3;3H2,1-2H3/b9-7-,24-12+,25-10+;. The summed E-state index contributed by atoms with van der Waals surface area (Å²) in [5, 5.41) is 9.73. The van der Waals surface area contributed by atoms with E-state index in [1.807, 2.05) is 0 Å². The van der Waals surface area contributed by atoms with Crippen LogP contribution >= 0.6 is 11.6 Å². The van der Waals surface area contributed by atoms with E-state index in [9.17, 15) is 14.7 Å². The van der Waals surface area contributed by atoms with E-state index in [-0.39, 0.29) is 13.2 Å². The van der Waals surface area contributed by atoms with Gasteiger partial charge in [-0.3, -0.25) is 4.79 Å². The van der Waals surface area contributed by atoms with Crippen LogP contribution in [0, 0.1) is 5.41 Å². The van der Waals surface area contributed by atoms with Gasteiger partial charge in [-0.2, -0.15) is 0 Å². The van der Waals surface area contributed by atoms with E-state index in [1.165, 1.54) is 46.7 Å². The van der Waals surface area contributed by atoms with Crippen LogP contribution in [0.2, 0.25) is 0 Å². The second-order valence-corrected chi connectivity index (χ2v) is 12.4. The fourth-order valence-corrected chi connectivity index (χ4v) is 4.69. The zero-order valence-corrected chi connectivity index (χ0v) is 27.7. The molecule has 0 radical (unpaired) electrons. The second kappa shape index (κ2) is 18.2. The third-order valence-corrected chi connectivity index (χ3v) is 7.64. The Kier molecular flexibility index (Phi) is 15.5. The number of halogens is 1. The number of aliphatic hydroxyl groups is 1. The average molecular weight is 615 g/mol. The molecule has 0 aromatic heterocycles. The van der Waals surface area contributed by atoms with Crippen LogP contribution < -0.4 is 0 Å². The number of allylic oxidation sites excluding steroid dienone is 7. The summed E-state index contributed by atoms with van der Waals surface area (Å²) in [5.41, 5.74) is 5.54. The Labute approximate surface area is 263 Å². The topological polar surface area (TPSA) is 82.1 Å². The summed E-state index contributed by atoms with van der Waals surface area (Å²) in [6.07, 6.45) is 19.5. The van der Waals surface area contributed by atoms with E-state index >= 15 is 0 Å². The average Bonchev–Trinajstić information content (AvgIpc) is 2.99. The van der Waals surface area contributed by atoms with Crippen molar-refractivity contribution >= 4 is 29.6 Å². The van der Waals surface area contributed by atoms with Crippen molar-refractivity contribution in [3.8, 4) is 0 Å². The van der Waals surface area contributed by atoms with Gasteiger partial charge in [-0.25, -0.2) is 4.79 Å². The summed E-state index contributed by atoms with van der Waals surface area (Å²) in [7, 11) is 0. The number of aryl methyl sites for hydroxylation is 1. The van der Waals surface area contributed by atoms with Crippen LogP contribution in [0.1, 0.15) is 89.5 Å². The number of esters is 2. The SMILES string of the molecule is CC1=C\Cc2ccc(CCCCOC(C)(C)C(=O)OCC(C)(CO)C(=O)OCCCCl)c3c2C/C(=C/C=C\1)C=C3.CCC. The van der Waals surface area contributed by atoms with Gasteiger partial charge in [-0.05, 0) is 94.0 Å². The zero-order valence-electron chi connectivity index (χ0n) is 27.0. The number of hydrogen-bond donors (Lipinski definition) is 1. The molecular weight excluding hydrogens is 564 g/mol. The van der Waals surface area contributed by atoms with Gasteiger partial charge in [0.25, 0.3) is 0 Å². The molecule has 1 N–H and O–H groups in total. The van der Waals surface area contributed by atoms with Crippen LogP contribution in [0.15, 0.2) is 53.7 Å². The molecular formula is C36H51ClO6. The third kappa shape index (κ3) is 11.4. The molecule has 2 aliphatic carbocycles. The van der Waals surface area contributed by atoms with Crippen molar-refractivity contribution in [2.75, 3.05) is 32.3 Å². The molecule has 1 atom stereocenters. The molecule has 3 rings (SSSR count). The number of unbranched alkanes of at least 4 members (excludes halogenated alkanes) is 1. The number of rotatable bonds is 14. The summed E-state index contributed by atoms with van der Waals surface area (Å²) >= 11 is 5.61. The number of alkyl halides is 1. The first kappa shape index (κ1) is 36.5. The van der Waals surface area contributed by atoms with Crippen LogP contribution in [-0.4, -0.2) is 55.0 Å². The van der Waals surface area contributed by atoms with E-state index in [2.05, 4.69) is 69.4 Å². The van der Waals surface area contributed by atoms with Gasteiger partial charge in [0, 0.05) is 12.5 Å². The quantitative estimate of drug-likeness (QED) is 0.133. The molecule has 1 aromatic rings. The molecule has 0 fully saturated rings. The van der Waals surface area contributed by atoms with Crippen LogP contribution in [0.4, 0.5) is 0 Å². The van der Waals surface area contributed by atoms with Crippen LogP contribution in [0.25, 0.3) is 6.08 Å².